The number of nitrogens with one attached hydrogen (secondary N) is 2. The molecule has 0 radical (unpaired) electrons. The standard InChI is InChI=1S/C21H28F3N3O7Si/c1-20(2,3)35(4,5)33-11-15-14(32-12-28)9-16(34-15)27-10-13(17(29)26-19(27)31)7-6-8-25-18(30)21(22,23)24/h10,12,14-16H,8-9,11H2,1-5H3,(H,25,30)(H,26,29,31)/t14-,15+,16+/m0/s1. The molecule has 0 aromatic carbocycles. The van der Waals surface area contributed by atoms with Crippen molar-refractivity contribution in [2.75, 3.05) is 13.2 Å². The number of aromatic amines is 1. The van der Waals surface area contributed by atoms with E-state index in [0.29, 0.717) is 0 Å². The molecule has 1 amide bonds. The highest BCUT2D eigenvalue weighted by Gasteiger charge is 2.42. The topological polar surface area (TPSA) is 129 Å². The van der Waals surface area contributed by atoms with E-state index in [2.05, 4.69) is 37.6 Å². The second-order valence-electron chi connectivity index (χ2n) is 9.40. The van der Waals surface area contributed by atoms with Crippen molar-refractivity contribution in [3.05, 3.63) is 32.6 Å². The molecule has 3 atom stereocenters. The van der Waals surface area contributed by atoms with Crippen molar-refractivity contribution in [2.45, 2.75) is 69.9 Å². The predicted octanol–water partition coefficient (Wildman–Crippen LogP) is 1.42. The average molecular weight is 520 g/mol. The van der Waals surface area contributed by atoms with Crippen molar-refractivity contribution in [3.8, 4) is 11.8 Å². The highest BCUT2D eigenvalue weighted by atomic mass is 28.4. The Labute approximate surface area is 200 Å². The van der Waals surface area contributed by atoms with E-state index in [9.17, 15) is 32.3 Å². The summed E-state index contributed by atoms with van der Waals surface area (Å²) in [7, 11) is -2.15. The van der Waals surface area contributed by atoms with Crippen molar-refractivity contribution < 1.29 is 36.7 Å². The molecule has 10 nitrogen and oxygen atoms in total. The molecule has 0 unspecified atom stereocenters. The number of H-pyrrole nitrogens is 1. The van der Waals surface area contributed by atoms with Crippen molar-refractivity contribution in [1.29, 1.82) is 0 Å². The van der Waals surface area contributed by atoms with Crippen molar-refractivity contribution in [2.24, 2.45) is 0 Å². The lowest BCUT2D eigenvalue weighted by molar-refractivity contribution is -0.173. The highest BCUT2D eigenvalue weighted by Crippen LogP contribution is 2.38. The van der Waals surface area contributed by atoms with E-state index < -0.39 is 56.6 Å². The van der Waals surface area contributed by atoms with Crippen LogP contribution in [0.4, 0.5) is 13.2 Å². The maximum absolute atomic E-state index is 12.4. The smallest absolute Gasteiger partial charge is 0.462 e. The average Bonchev–Trinajstić information content (AvgIpc) is 3.12. The molecule has 1 aromatic rings. The summed E-state index contributed by atoms with van der Waals surface area (Å²) >= 11 is 0. The van der Waals surface area contributed by atoms with E-state index in [1.54, 1.807) is 5.32 Å². The van der Waals surface area contributed by atoms with E-state index in [0.717, 1.165) is 10.8 Å². The van der Waals surface area contributed by atoms with Gasteiger partial charge in [0.1, 0.15) is 24.0 Å². The van der Waals surface area contributed by atoms with Crippen LogP contribution in [0.25, 0.3) is 0 Å². The van der Waals surface area contributed by atoms with Gasteiger partial charge in [0.15, 0.2) is 8.32 Å². The fourth-order valence-electron chi connectivity index (χ4n) is 2.90. The Morgan fingerprint density at radius 1 is 1.34 bits per heavy atom. The molecule has 0 saturated carbocycles. The van der Waals surface area contributed by atoms with Crippen LogP contribution in [0, 0.1) is 11.8 Å². The number of ether oxygens (including phenoxy) is 2. The maximum Gasteiger partial charge on any atom is 0.471 e. The van der Waals surface area contributed by atoms with Crippen LogP contribution >= 0.6 is 0 Å². The Hall–Kier alpha value is -2.89. The van der Waals surface area contributed by atoms with Gasteiger partial charge in [0.05, 0.1) is 13.2 Å². The Balaban J connectivity index is 2.20. The van der Waals surface area contributed by atoms with Gasteiger partial charge in [-0.3, -0.25) is 23.9 Å². The van der Waals surface area contributed by atoms with Crippen LogP contribution in [0.1, 0.15) is 39.0 Å². The first kappa shape index (κ1) is 28.3. The van der Waals surface area contributed by atoms with Gasteiger partial charge >= 0.3 is 17.8 Å². The molecule has 0 spiro atoms. The third-order valence-corrected chi connectivity index (χ3v) is 10.4. The third-order valence-electron chi connectivity index (χ3n) is 5.92. The highest BCUT2D eigenvalue weighted by molar-refractivity contribution is 6.74. The van der Waals surface area contributed by atoms with Gasteiger partial charge in [-0.1, -0.05) is 32.6 Å². The summed E-state index contributed by atoms with van der Waals surface area (Å²) < 4.78 is 54.9. The number of amides is 1. The number of halogens is 3. The lowest BCUT2D eigenvalue weighted by Crippen LogP contribution is -2.44. The number of rotatable bonds is 7. The van der Waals surface area contributed by atoms with E-state index in [1.165, 1.54) is 0 Å². The minimum Gasteiger partial charge on any atom is -0.462 e. The van der Waals surface area contributed by atoms with Crippen molar-refractivity contribution in [1.82, 2.24) is 14.9 Å². The fourth-order valence-corrected chi connectivity index (χ4v) is 3.91. The van der Waals surface area contributed by atoms with Crippen LogP contribution in [0.5, 0.6) is 0 Å². The molecule has 0 aliphatic carbocycles. The fraction of sp³-hybridized carbons (Fsp3) is 0.619. The molecule has 1 saturated heterocycles. The third kappa shape index (κ3) is 7.29. The van der Waals surface area contributed by atoms with Crippen LogP contribution in [0.3, 0.4) is 0 Å². The number of aromatic nitrogens is 2. The molecule has 2 N–H and O–H groups in total. The second-order valence-corrected chi connectivity index (χ2v) is 14.2. The Morgan fingerprint density at radius 2 is 2.00 bits per heavy atom. The Kier molecular flexibility index (Phi) is 8.74. The number of hydrogen-bond donors (Lipinski definition) is 2. The molecule has 1 aliphatic rings. The predicted molar refractivity (Wildman–Crippen MR) is 120 cm³/mol. The van der Waals surface area contributed by atoms with Gasteiger partial charge in [-0.25, -0.2) is 4.79 Å². The SMILES string of the molecule is CC(C)(C)[Si](C)(C)OC[C@H]1O[C@@H](n2cc(C#CCNC(=O)C(F)(F)F)c(=O)[nH]c2=O)C[C@@H]1OC=O. The lowest BCUT2D eigenvalue weighted by atomic mass is 10.2. The first-order chi connectivity index (χ1) is 16.1. The van der Waals surface area contributed by atoms with Crippen LogP contribution in [-0.2, 0) is 23.5 Å². The Morgan fingerprint density at radius 3 is 2.57 bits per heavy atom. The summed E-state index contributed by atoms with van der Waals surface area (Å²) in [6.07, 6.45) is -6.19. The van der Waals surface area contributed by atoms with Crippen LogP contribution < -0.4 is 16.6 Å². The second kappa shape index (κ2) is 10.8. The number of alkyl halides is 3. The summed E-state index contributed by atoms with van der Waals surface area (Å²) in [6.45, 7) is 10.0. The van der Waals surface area contributed by atoms with Gasteiger partial charge in [-0.15, -0.1) is 0 Å². The summed E-state index contributed by atoms with van der Waals surface area (Å²) in [4.78, 5) is 48.3. The van der Waals surface area contributed by atoms with E-state index >= 15 is 0 Å². The van der Waals surface area contributed by atoms with Crippen molar-refractivity contribution in [3.63, 3.8) is 0 Å². The first-order valence-corrected chi connectivity index (χ1v) is 13.6. The number of carbonyl (C=O) groups is 2. The van der Waals surface area contributed by atoms with Gasteiger partial charge < -0.3 is 19.2 Å². The van der Waals surface area contributed by atoms with Crippen LogP contribution in [0.2, 0.25) is 18.1 Å². The monoisotopic (exact) mass is 519 g/mol. The van der Waals surface area contributed by atoms with E-state index in [1.807, 2.05) is 13.1 Å². The molecule has 1 aromatic heterocycles. The lowest BCUT2D eigenvalue weighted by Gasteiger charge is -2.37. The zero-order valence-electron chi connectivity index (χ0n) is 19.9. The molecule has 2 rings (SSSR count). The van der Waals surface area contributed by atoms with Crippen molar-refractivity contribution >= 4 is 20.7 Å². The molecular weight excluding hydrogens is 491 g/mol. The zero-order valence-corrected chi connectivity index (χ0v) is 20.9. The van der Waals surface area contributed by atoms with Gasteiger partial charge in [0.25, 0.3) is 12.0 Å². The van der Waals surface area contributed by atoms with Gasteiger partial charge in [0, 0.05) is 12.6 Å². The number of carbonyl (C=O) groups excluding carboxylic acids is 2. The van der Waals surface area contributed by atoms with Gasteiger partial charge in [-0.2, -0.15) is 13.2 Å². The molecule has 35 heavy (non-hydrogen) atoms. The quantitative estimate of drug-likeness (QED) is 0.317. The minimum absolute atomic E-state index is 0.0744. The molecular formula is C21H28F3N3O7Si. The van der Waals surface area contributed by atoms with Crippen LogP contribution in [0.15, 0.2) is 15.8 Å². The maximum atomic E-state index is 12.4. The minimum atomic E-state index is -5.06. The molecule has 1 fully saturated rings. The first-order valence-electron chi connectivity index (χ1n) is 10.6. The van der Waals surface area contributed by atoms with Gasteiger partial charge in [-0.05, 0) is 18.1 Å². The molecule has 0 bridgehead atoms. The molecule has 2 heterocycles. The largest absolute Gasteiger partial charge is 0.471 e. The molecule has 14 heteroatoms. The summed E-state index contributed by atoms with van der Waals surface area (Å²) in [5.41, 5.74) is -1.91. The Bertz CT molecular complexity index is 1110. The normalized spacial score (nSPS) is 20.6. The summed E-state index contributed by atoms with van der Waals surface area (Å²) in [5, 5.41) is 1.48. The van der Waals surface area contributed by atoms with Crippen LogP contribution in [-0.4, -0.2) is 61.8 Å². The van der Waals surface area contributed by atoms with E-state index in [-0.39, 0.29) is 30.1 Å². The summed E-state index contributed by atoms with van der Waals surface area (Å²) in [5.74, 6) is 2.38. The zero-order chi connectivity index (χ0) is 26.6. The molecule has 1 aliphatic heterocycles. The van der Waals surface area contributed by atoms with E-state index in [4.69, 9.17) is 13.9 Å². The summed E-state index contributed by atoms with van der Waals surface area (Å²) in [6, 6.07) is 0. The molecule has 194 valence electrons. The number of nitrogens with zero attached hydrogens (tertiary/aromatic N) is 1. The number of hydrogen-bond acceptors (Lipinski definition) is 7. The van der Waals surface area contributed by atoms with Gasteiger partial charge in [0.2, 0.25) is 0 Å².